The number of hydrogen-bond donors (Lipinski definition) is 1. The maximum Gasteiger partial charge on any atom is 0.327 e. The first-order chi connectivity index (χ1) is 15.4. The molecule has 1 atom stereocenters. The number of rotatable bonds is 5. The predicted molar refractivity (Wildman–Crippen MR) is 120 cm³/mol. The summed E-state index contributed by atoms with van der Waals surface area (Å²) < 4.78 is 5.05. The van der Waals surface area contributed by atoms with Crippen LogP contribution in [0.15, 0.2) is 24.3 Å². The van der Waals surface area contributed by atoms with Gasteiger partial charge in [0.2, 0.25) is 0 Å². The van der Waals surface area contributed by atoms with Gasteiger partial charge in [-0.05, 0) is 24.5 Å². The summed E-state index contributed by atoms with van der Waals surface area (Å²) in [4.78, 5) is 43.9. The molecule has 3 aliphatic rings. The fraction of sp³-hybridized carbons (Fsp3) is 0.609. The number of ether oxygens (including phenoxy) is 1. The van der Waals surface area contributed by atoms with E-state index < -0.39 is 11.6 Å². The van der Waals surface area contributed by atoms with E-state index in [0.717, 1.165) is 44.1 Å². The zero-order valence-electron chi connectivity index (χ0n) is 18.5. The van der Waals surface area contributed by atoms with Crippen molar-refractivity contribution in [3.63, 3.8) is 0 Å². The molecule has 2 saturated heterocycles. The molecule has 32 heavy (non-hydrogen) atoms. The SMILES string of the molecule is COC(=O)[C@@H](c1ccccc1Cl)N1CCN(CN2C(=O)NC3(CCCCCC3)C2=O)CC1. The van der Waals surface area contributed by atoms with Gasteiger partial charge in [-0.15, -0.1) is 0 Å². The van der Waals surface area contributed by atoms with E-state index in [-0.39, 0.29) is 24.6 Å². The molecule has 1 aliphatic carbocycles. The van der Waals surface area contributed by atoms with Gasteiger partial charge in [0, 0.05) is 31.2 Å². The van der Waals surface area contributed by atoms with Gasteiger partial charge in [-0.3, -0.25) is 14.6 Å². The normalized spacial score (nSPS) is 23.1. The summed E-state index contributed by atoms with van der Waals surface area (Å²) in [6, 6.07) is 6.43. The smallest absolute Gasteiger partial charge is 0.327 e. The molecule has 2 heterocycles. The summed E-state index contributed by atoms with van der Waals surface area (Å²) in [5.74, 6) is -0.439. The van der Waals surface area contributed by atoms with Crippen LogP contribution in [0.5, 0.6) is 0 Å². The molecule has 1 aromatic carbocycles. The number of carbonyl (C=O) groups is 3. The number of piperazine rings is 1. The zero-order chi connectivity index (χ0) is 22.7. The minimum absolute atomic E-state index is 0.0877. The minimum atomic E-state index is -0.713. The van der Waals surface area contributed by atoms with E-state index in [4.69, 9.17) is 16.3 Å². The Morgan fingerprint density at radius 3 is 2.38 bits per heavy atom. The van der Waals surface area contributed by atoms with Crippen molar-refractivity contribution in [2.75, 3.05) is 40.0 Å². The largest absolute Gasteiger partial charge is 0.468 e. The van der Waals surface area contributed by atoms with Gasteiger partial charge in [-0.25, -0.2) is 14.5 Å². The standard InChI is InChI=1S/C23H31ClN4O4/c1-32-20(29)19(17-8-4-5-9-18(17)24)27-14-12-26(13-15-27)16-28-21(30)23(25-22(28)31)10-6-2-3-7-11-23/h4-5,8-9,19H,2-3,6-7,10-16H2,1H3,(H,25,31)/t19-/m1/s1. The van der Waals surface area contributed by atoms with E-state index in [9.17, 15) is 14.4 Å². The summed E-state index contributed by atoms with van der Waals surface area (Å²) in [7, 11) is 1.38. The monoisotopic (exact) mass is 462 g/mol. The third kappa shape index (κ3) is 4.49. The molecule has 8 nitrogen and oxygen atoms in total. The fourth-order valence-electron chi connectivity index (χ4n) is 5.12. The quantitative estimate of drug-likeness (QED) is 0.535. The van der Waals surface area contributed by atoms with Crippen molar-refractivity contribution in [3.05, 3.63) is 34.9 Å². The van der Waals surface area contributed by atoms with Crippen LogP contribution in [-0.2, 0) is 14.3 Å². The first-order valence-corrected chi connectivity index (χ1v) is 11.8. The Morgan fingerprint density at radius 1 is 1.09 bits per heavy atom. The zero-order valence-corrected chi connectivity index (χ0v) is 19.3. The van der Waals surface area contributed by atoms with E-state index in [0.29, 0.717) is 31.2 Å². The van der Waals surface area contributed by atoms with Gasteiger partial charge in [-0.2, -0.15) is 0 Å². The summed E-state index contributed by atoms with van der Waals surface area (Å²) >= 11 is 6.36. The number of esters is 1. The van der Waals surface area contributed by atoms with Crippen LogP contribution in [-0.4, -0.2) is 78.1 Å². The third-order valence-electron chi connectivity index (χ3n) is 6.94. The lowest BCUT2D eigenvalue weighted by atomic mass is 9.90. The highest BCUT2D eigenvalue weighted by Crippen LogP contribution is 2.33. The van der Waals surface area contributed by atoms with Crippen molar-refractivity contribution in [1.82, 2.24) is 20.0 Å². The number of urea groups is 1. The van der Waals surface area contributed by atoms with Crippen molar-refractivity contribution in [2.24, 2.45) is 0 Å². The maximum atomic E-state index is 13.2. The van der Waals surface area contributed by atoms with Gasteiger partial charge >= 0.3 is 12.0 Å². The molecular weight excluding hydrogens is 432 g/mol. The molecule has 0 unspecified atom stereocenters. The van der Waals surface area contributed by atoms with Crippen LogP contribution in [0, 0.1) is 0 Å². The number of nitrogens with one attached hydrogen (secondary N) is 1. The second-order valence-corrected chi connectivity index (χ2v) is 9.31. The van der Waals surface area contributed by atoms with Crippen LogP contribution >= 0.6 is 11.6 Å². The Hall–Kier alpha value is -2.16. The molecular formula is C23H31ClN4O4. The second kappa shape index (κ2) is 9.77. The van der Waals surface area contributed by atoms with E-state index in [1.165, 1.54) is 12.0 Å². The van der Waals surface area contributed by atoms with Crippen molar-refractivity contribution >= 4 is 29.5 Å². The Labute approximate surface area is 193 Å². The molecule has 1 N–H and O–H groups in total. The maximum absolute atomic E-state index is 13.2. The van der Waals surface area contributed by atoms with Crippen LogP contribution in [0.3, 0.4) is 0 Å². The number of amides is 3. The molecule has 1 aromatic rings. The predicted octanol–water partition coefficient (Wildman–Crippen LogP) is 2.77. The average molecular weight is 463 g/mol. The van der Waals surface area contributed by atoms with Gasteiger partial charge in [0.1, 0.15) is 11.6 Å². The number of carbonyl (C=O) groups excluding carboxylic acids is 3. The summed E-state index contributed by atoms with van der Waals surface area (Å²) in [5, 5.41) is 3.53. The molecule has 9 heteroatoms. The second-order valence-electron chi connectivity index (χ2n) is 8.90. The molecule has 2 aliphatic heterocycles. The first-order valence-electron chi connectivity index (χ1n) is 11.4. The first kappa shape index (κ1) is 23.0. The molecule has 174 valence electrons. The Balaban J connectivity index is 1.40. The van der Waals surface area contributed by atoms with Crippen LogP contribution in [0.25, 0.3) is 0 Å². The molecule has 1 saturated carbocycles. The van der Waals surface area contributed by atoms with Crippen LogP contribution in [0.2, 0.25) is 5.02 Å². The highest BCUT2D eigenvalue weighted by molar-refractivity contribution is 6.31. The van der Waals surface area contributed by atoms with Crippen LogP contribution < -0.4 is 5.32 Å². The molecule has 0 bridgehead atoms. The lowest BCUT2D eigenvalue weighted by Gasteiger charge is -2.39. The number of nitrogens with zero attached hydrogens (tertiary/aromatic N) is 3. The Bertz CT molecular complexity index is 863. The van der Waals surface area contributed by atoms with Gasteiger partial charge in [-0.1, -0.05) is 55.5 Å². The van der Waals surface area contributed by atoms with Crippen LogP contribution in [0.4, 0.5) is 4.79 Å². The van der Waals surface area contributed by atoms with Gasteiger partial charge in [0.25, 0.3) is 5.91 Å². The lowest BCUT2D eigenvalue weighted by Crippen LogP contribution is -2.53. The van der Waals surface area contributed by atoms with E-state index in [1.807, 2.05) is 23.1 Å². The summed E-state index contributed by atoms with van der Waals surface area (Å²) in [6.45, 7) is 2.72. The Morgan fingerprint density at radius 2 is 1.75 bits per heavy atom. The number of imide groups is 1. The average Bonchev–Trinajstić information content (AvgIpc) is 2.95. The van der Waals surface area contributed by atoms with E-state index >= 15 is 0 Å². The van der Waals surface area contributed by atoms with Crippen LogP contribution in [0.1, 0.15) is 50.1 Å². The van der Waals surface area contributed by atoms with Crippen molar-refractivity contribution in [3.8, 4) is 0 Å². The summed E-state index contributed by atoms with van der Waals surface area (Å²) in [6.07, 6.45) is 5.60. The summed E-state index contributed by atoms with van der Waals surface area (Å²) in [5.41, 5.74) is 0.00832. The van der Waals surface area contributed by atoms with Gasteiger partial charge in [0.15, 0.2) is 0 Å². The fourth-order valence-corrected chi connectivity index (χ4v) is 5.36. The molecule has 0 aromatic heterocycles. The minimum Gasteiger partial charge on any atom is -0.468 e. The van der Waals surface area contributed by atoms with Crippen molar-refractivity contribution in [2.45, 2.75) is 50.1 Å². The molecule has 4 rings (SSSR count). The Kier molecular flexibility index (Phi) is 7.02. The van der Waals surface area contributed by atoms with E-state index in [2.05, 4.69) is 10.2 Å². The number of benzene rings is 1. The van der Waals surface area contributed by atoms with Gasteiger partial charge < -0.3 is 10.1 Å². The van der Waals surface area contributed by atoms with Crippen molar-refractivity contribution in [1.29, 1.82) is 0 Å². The number of methoxy groups -OCH3 is 1. The molecule has 0 radical (unpaired) electrons. The molecule has 3 amide bonds. The molecule has 1 spiro atoms. The third-order valence-corrected chi connectivity index (χ3v) is 7.28. The van der Waals surface area contributed by atoms with Gasteiger partial charge in [0.05, 0.1) is 13.8 Å². The number of halogens is 1. The van der Waals surface area contributed by atoms with Crippen molar-refractivity contribution < 1.29 is 19.1 Å². The molecule has 3 fully saturated rings. The lowest BCUT2D eigenvalue weighted by molar-refractivity contribution is -0.148. The van der Waals surface area contributed by atoms with E-state index in [1.54, 1.807) is 6.07 Å². The highest BCUT2D eigenvalue weighted by atomic mass is 35.5. The topological polar surface area (TPSA) is 82.2 Å². The number of hydrogen-bond acceptors (Lipinski definition) is 6. The highest BCUT2D eigenvalue weighted by Gasteiger charge is 2.51.